The van der Waals surface area contributed by atoms with Crippen LogP contribution < -0.4 is 10.2 Å². The maximum atomic E-state index is 12.5. The van der Waals surface area contributed by atoms with E-state index in [2.05, 4.69) is 5.32 Å². The Bertz CT molecular complexity index is 967. The van der Waals surface area contributed by atoms with Gasteiger partial charge in [-0.1, -0.05) is 24.3 Å². The molecule has 2 heterocycles. The summed E-state index contributed by atoms with van der Waals surface area (Å²) in [5.41, 5.74) is 3.72. The molecule has 27 heavy (non-hydrogen) atoms. The van der Waals surface area contributed by atoms with Crippen molar-refractivity contribution in [1.29, 1.82) is 0 Å². The fraction of sp³-hybridized carbons (Fsp3) is 0.143. The van der Waals surface area contributed by atoms with Crippen LogP contribution in [0.25, 0.3) is 0 Å². The number of furan rings is 1. The lowest BCUT2D eigenvalue weighted by Crippen LogP contribution is -2.27. The summed E-state index contributed by atoms with van der Waals surface area (Å²) >= 11 is 1.60. The molecule has 0 bridgehead atoms. The number of hydrogen-bond acceptors (Lipinski definition) is 4. The molecule has 4 rings (SSSR count). The van der Waals surface area contributed by atoms with Crippen molar-refractivity contribution in [1.82, 2.24) is 0 Å². The van der Waals surface area contributed by atoms with Crippen LogP contribution in [0.2, 0.25) is 0 Å². The number of thioether (sulfide) groups is 1. The van der Waals surface area contributed by atoms with Crippen LogP contribution in [0.15, 0.2) is 71.3 Å². The van der Waals surface area contributed by atoms with Crippen molar-refractivity contribution in [2.75, 3.05) is 16.0 Å². The standard InChI is InChI=1S/C21H18N2O3S/c1-14-4-2-5-17(12-14)23-19(24)13-27-21(23)15-7-9-16(10-8-15)22-20(25)18-6-3-11-26-18/h2-12,21H,13H2,1H3,(H,22,25)/t21-/m1/s1. The number of hydrogen-bond donors (Lipinski definition) is 1. The summed E-state index contributed by atoms with van der Waals surface area (Å²) in [5.74, 6) is 0.530. The Balaban J connectivity index is 1.54. The minimum atomic E-state index is -0.292. The van der Waals surface area contributed by atoms with Gasteiger partial charge in [-0.05, 0) is 54.4 Å². The van der Waals surface area contributed by atoms with Gasteiger partial charge in [0.1, 0.15) is 5.37 Å². The monoisotopic (exact) mass is 378 g/mol. The van der Waals surface area contributed by atoms with Crippen molar-refractivity contribution in [3.63, 3.8) is 0 Å². The van der Waals surface area contributed by atoms with Crippen LogP contribution >= 0.6 is 11.8 Å². The van der Waals surface area contributed by atoms with Crippen LogP contribution in [0, 0.1) is 6.92 Å². The lowest BCUT2D eigenvalue weighted by molar-refractivity contribution is -0.115. The van der Waals surface area contributed by atoms with Crippen LogP contribution in [-0.4, -0.2) is 17.6 Å². The van der Waals surface area contributed by atoms with Gasteiger partial charge < -0.3 is 9.73 Å². The normalized spacial score (nSPS) is 16.6. The molecule has 0 saturated carbocycles. The summed E-state index contributed by atoms with van der Waals surface area (Å²) in [7, 11) is 0. The first-order chi connectivity index (χ1) is 13.1. The number of carbonyl (C=O) groups excluding carboxylic acids is 2. The predicted octanol–water partition coefficient (Wildman–Crippen LogP) is 4.62. The van der Waals surface area contributed by atoms with Crippen molar-refractivity contribution in [3.05, 3.63) is 83.8 Å². The highest BCUT2D eigenvalue weighted by Crippen LogP contribution is 2.42. The molecule has 136 valence electrons. The van der Waals surface area contributed by atoms with Crippen LogP contribution in [0.1, 0.15) is 27.1 Å². The number of aryl methyl sites for hydroxylation is 1. The van der Waals surface area contributed by atoms with E-state index >= 15 is 0 Å². The second-order valence-corrected chi connectivity index (χ2v) is 7.39. The second-order valence-electron chi connectivity index (χ2n) is 6.32. The molecule has 1 saturated heterocycles. The molecule has 0 aliphatic carbocycles. The molecule has 0 radical (unpaired) electrons. The third kappa shape index (κ3) is 3.61. The molecule has 2 aromatic carbocycles. The molecule has 0 unspecified atom stereocenters. The van der Waals surface area contributed by atoms with E-state index in [1.807, 2.05) is 60.4 Å². The highest BCUT2D eigenvalue weighted by Gasteiger charge is 2.34. The van der Waals surface area contributed by atoms with Crippen molar-refractivity contribution >= 4 is 35.0 Å². The number of anilines is 2. The molecule has 1 aliphatic heterocycles. The van der Waals surface area contributed by atoms with Gasteiger partial charge in [-0.3, -0.25) is 14.5 Å². The van der Waals surface area contributed by atoms with Gasteiger partial charge in [0, 0.05) is 11.4 Å². The molecule has 0 spiro atoms. The van der Waals surface area contributed by atoms with Gasteiger partial charge in [0.05, 0.1) is 12.0 Å². The van der Waals surface area contributed by atoms with E-state index in [4.69, 9.17) is 4.42 Å². The Morgan fingerprint density at radius 1 is 1.15 bits per heavy atom. The molecule has 6 heteroatoms. The van der Waals surface area contributed by atoms with Gasteiger partial charge >= 0.3 is 0 Å². The van der Waals surface area contributed by atoms with Gasteiger partial charge in [0.25, 0.3) is 5.91 Å². The lowest BCUT2D eigenvalue weighted by atomic mass is 10.1. The number of benzene rings is 2. The summed E-state index contributed by atoms with van der Waals surface area (Å²) in [6, 6.07) is 18.8. The first-order valence-electron chi connectivity index (χ1n) is 8.57. The minimum Gasteiger partial charge on any atom is -0.459 e. The average molecular weight is 378 g/mol. The number of amides is 2. The lowest BCUT2D eigenvalue weighted by Gasteiger charge is -2.25. The van der Waals surface area contributed by atoms with Gasteiger partial charge in [-0.2, -0.15) is 0 Å². The second kappa shape index (κ2) is 7.32. The van der Waals surface area contributed by atoms with E-state index in [0.29, 0.717) is 11.4 Å². The molecule has 3 aromatic rings. The number of carbonyl (C=O) groups is 2. The van der Waals surface area contributed by atoms with E-state index in [1.54, 1.807) is 23.9 Å². The Kier molecular flexibility index (Phi) is 4.73. The quantitative estimate of drug-likeness (QED) is 0.720. The van der Waals surface area contributed by atoms with Crippen molar-refractivity contribution in [3.8, 4) is 0 Å². The maximum Gasteiger partial charge on any atom is 0.291 e. The van der Waals surface area contributed by atoms with E-state index in [1.165, 1.54) is 6.26 Å². The van der Waals surface area contributed by atoms with Gasteiger partial charge in [0.2, 0.25) is 5.91 Å². The molecular formula is C21H18N2O3S. The zero-order chi connectivity index (χ0) is 18.8. The molecule has 1 atom stereocenters. The highest BCUT2D eigenvalue weighted by atomic mass is 32.2. The predicted molar refractivity (Wildman–Crippen MR) is 107 cm³/mol. The van der Waals surface area contributed by atoms with E-state index in [9.17, 15) is 9.59 Å². The van der Waals surface area contributed by atoms with Crippen molar-refractivity contribution in [2.24, 2.45) is 0 Å². The number of nitrogens with zero attached hydrogens (tertiary/aromatic N) is 1. The molecule has 1 aromatic heterocycles. The summed E-state index contributed by atoms with van der Waals surface area (Å²) < 4.78 is 5.10. The Hall–Kier alpha value is -2.99. The fourth-order valence-electron chi connectivity index (χ4n) is 3.06. The zero-order valence-corrected chi connectivity index (χ0v) is 15.5. The summed E-state index contributed by atoms with van der Waals surface area (Å²) in [6.45, 7) is 2.02. The zero-order valence-electron chi connectivity index (χ0n) is 14.7. The fourth-order valence-corrected chi connectivity index (χ4v) is 4.24. The smallest absolute Gasteiger partial charge is 0.291 e. The average Bonchev–Trinajstić information content (AvgIpc) is 3.32. The van der Waals surface area contributed by atoms with Crippen LogP contribution in [0.3, 0.4) is 0 Å². The van der Waals surface area contributed by atoms with E-state index in [0.717, 1.165) is 16.8 Å². The minimum absolute atomic E-state index is 0.0749. The number of rotatable bonds is 4. The molecule has 1 N–H and O–H groups in total. The van der Waals surface area contributed by atoms with E-state index in [-0.39, 0.29) is 22.9 Å². The SMILES string of the molecule is Cc1cccc(N2C(=O)CS[C@@H]2c2ccc(NC(=O)c3ccco3)cc2)c1. The first-order valence-corrected chi connectivity index (χ1v) is 9.62. The third-order valence-electron chi connectivity index (χ3n) is 4.35. The topological polar surface area (TPSA) is 62.6 Å². The highest BCUT2D eigenvalue weighted by molar-refractivity contribution is 8.00. The van der Waals surface area contributed by atoms with Crippen LogP contribution in [0.4, 0.5) is 11.4 Å². The molecule has 1 fully saturated rings. The Morgan fingerprint density at radius 2 is 1.96 bits per heavy atom. The van der Waals surface area contributed by atoms with Gasteiger partial charge in [0.15, 0.2) is 5.76 Å². The van der Waals surface area contributed by atoms with Gasteiger partial charge in [-0.25, -0.2) is 0 Å². The Morgan fingerprint density at radius 3 is 2.67 bits per heavy atom. The summed E-state index contributed by atoms with van der Waals surface area (Å²) in [4.78, 5) is 26.4. The van der Waals surface area contributed by atoms with E-state index < -0.39 is 0 Å². The third-order valence-corrected chi connectivity index (χ3v) is 5.56. The molecule has 5 nitrogen and oxygen atoms in total. The van der Waals surface area contributed by atoms with Gasteiger partial charge in [-0.15, -0.1) is 11.8 Å². The van der Waals surface area contributed by atoms with Crippen molar-refractivity contribution in [2.45, 2.75) is 12.3 Å². The molecule has 1 aliphatic rings. The van der Waals surface area contributed by atoms with Crippen molar-refractivity contribution < 1.29 is 14.0 Å². The summed E-state index contributed by atoms with van der Waals surface area (Å²) in [6.07, 6.45) is 1.46. The maximum absolute atomic E-state index is 12.5. The van der Waals surface area contributed by atoms with Crippen LogP contribution in [0.5, 0.6) is 0 Å². The largest absolute Gasteiger partial charge is 0.459 e. The van der Waals surface area contributed by atoms with Crippen LogP contribution in [-0.2, 0) is 4.79 Å². The molecule has 2 amide bonds. The molecular weight excluding hydrogens is 360 g/mol. The number of nitrogens with one attached hydrogen (secondary N) is 1. The first kappa shape index (κ1) is 17.4. The Labute approximate surface area is 161 Å². The summed E-state index contributed by atoms with van der Waals surface area (Å²) in [5, 5.41) is 2.73.